The van der Waals surface area contributed by atoms with Gasteiger partial charge < -0.3 is 5.73 Å². The van der Waals surface area contributed by atoms with Crippen molar-refractivity contribution < 1.29 is 8.60 Å². The van der Waals surface area contributed by atoms with E-state index in [0.29, 0.717) is 34.8 Å². The Balaban J connectivity index is 1.47. The molecule has 0 saturated carbocycles. The molecule has 4 aromatic rings. The number of halogens is 1. The van der Waals surface area contributed by atoms with Gasteiger partial charge >= 0.3 is 0 Å². The number of benzene rings is 2. The lowest BCUT2D eigenvalue weighted by atomic mass is 10.0. The van der Waals surface area contributed by atoms with E-state index in [1.807, 2.05) is 28.6 Å². The van der Waals surface area contributed by atoms with Crippen LogP contribution in [0.1, 0.15) is 11.3 Å². The van der Waals surface area contributed by atoms with Gasteiger partial charge in [0.25, 0.3) is 0 Å². The number of nitrogens with two attached hydrogens (primary N) is 1. The zero-order valence-corrected chi connectivity index (χ0v) is 17.3. The summed E-state index contributed by atoms with van der Waals surface area (Å²) >= 11 is 0. The molecule has 9 heteroatoms. The largest absolute Gasteiger partial charge is 0.382 e. The number of aromatic nitrogens is 4. The topological polar surface area (TPSA) is 101 Å². The zero-order chi connectivity index (χ0) is 21.4. The fraction of sp³-hybridized carbons (Fsp3) is 0.136. The van der Waals surface area contributed by atoms with Gasteiger partial charge in [0.1, 0.15) is 22.6 Å². The van der Waals surface area contributed by atoms with E-state index in [1.54, 1.807) is 18.3 Å². The lowest BCUT2D eigenvalue weighted by Crippen LogP contribution is -2.32. The smallest absolute Gasteiger partial charge is 0.141 e. The van der Waals surface area contributed by atoms with Gasteiger partial charge in [-0.25, -0.2) is 17.9 Å². The van der Waals surface area contributed by atoms with Crippen LogP contribution in [-0.4, -0.2) is 35.2 Å². The lowest BCUT2D eigenvalue weighted by Gasteiger charge is -2.26. The van der Waals surface area contributed by atoms with Crippen LogP contribution in [0.2, 0.25) is 0 Å². The minimum Gasteiger partial charge on any atom is -0.382 e. The van der Waals surface area contributed by atoms with Crippen molar-refractivity contribution in [3.63, 3.8) is 0 Å². The summed E-state index contributed by atoms with van der Waals surface area (Å²) in [5, 5.41) is 7.06. The first kappa shape index (κ1) is 19.5. The minimum atomic E-state index is -1.39. The van der Waals surface area contributed by atoms with Crippen LogP contribution in [0.25, 0.3) is 22.4 Å². The van der Waals surface area contributed by atoms with Crippen molar-refractivity contribution in [2.24, 2.45) is 0 Å². The average molecular weight is 435 g/mol. The van der Waals surface area contributed by atoms with Crippen LogP contribution in [0.3, 0.4) is 0 Å². The Morgan fingerprint density at radius 3 is 2.74 bits per heavy atom. The van der Waals surface area contributed by atoms with Gasteiger partial charge in [0.2, 0.25) is 0 Å². The number of nitrogen functional groups attached to an aromatic ring is 1. The van der Waals surface area contributed by atoms with Crippen molar-refractivity contribution in [2.45, 2.75) is 17.9 Å². The van der Waals surface area contributed by atoms with E-state index in [1.165, 1.54) is 18.5 Å². The van der Waals surface area contributed by atoms with Gasteiger partial charge in [-0.05, 0) is 29.3 Å². The second kappa shape index (κ2) is 8.01. The number of rotatable bonds is 4. The van der Waals surface area contributed by atoms with Crippen LogP contribution in [0.15, 0.2) is 66.0 Å². The molecule has 3 heterocycles. The minimum absolute atomic E-state index is 0.275. The summed E-state index contributed by atoms with van der Waals surface area (Å²) in [7, 11) is -1.39. The zero-order valence-electron chi connectivity index (χ0n) is 16.5. The maximum absolute atomic E-state index is 14.9. The molecule has 1 atom stereocenters. The normalized spacial score (nSPS) is 14.9. The van der Waals surface area contributed by atoms with Crippen LogP contribution < -0.4 is 5.73 Å². The van der Waals surface area contributed by atoms with Crippen molar-refractivity contribution in [3.05, 3.63) is 78.1 Å². The Morgan fingerprint density at radius 2 is 1.94 bits per heavy atom. The van der Waals surface area contributed by atoms with E-state index < -0.39 is 16.8 Å². The summed E-state index contributed by atoms with van der Waals surface area (Å²) < 4.78 is 30.3. The molecule has 0 radical (unpaired) electrons. The average Bonchev–Trinajstić information content (AvgIpc) is 3.27. The summed E-state index contributed by atoms with van der Waals surface area (Å²) in [6.45, 7) is 1.20. The Labute approximate surface area is 180 Å². The molecule has 0 saturated heterocycles. The predicted octanol–water partition coefficient (Wildman–Crippen LogP) is 3.34. The Morgan fingerprint density at radius 1 is 1.06 bits per heavy atom. The van der Waals surface area contributed by atoms with Gasteiger partial charge in [-0.1, -0.05) is 24.3 Å². The van der Waals surface area contributed by atoms with Gasteiger partial charge in [-0.15, -0.1) is 0 Å². The molecule has 2 aromatic heterocycles. The molecule has 0 fully saturated rings. The molecule has 2 aromatic carbocycles. The third-order valence-corrected chi connectivity index (χ3v) is 6.82. The maximum Gasteiger partial charge on any atom is 0.141 e. The van der Waals surface area contributed by atoms with Crippen LogP contribution in [0, 0.1) is 5.82 Å². The van der Waals surface area contributed by atoms with E-state index in [-0.39, 0.29) is 5.82 Å². The van der Waals surface area contributed by atoms with Gasteiger partial charge in [-0.2, -0.15) is 5.10 Å². The van der Waals surface area contributed by atoms with E-state index in [2.05, 4.69) is 20.2 Å². The molecule has 1 aliphatic heterocycles. The number of nitrogens with zero attached hydrogens (tertiary/aromatic N) is 4. The SMILES string of the molecule is Nc1cnc(-c2ccc(-c3ccccc3S(=O)N3CCc4[nH]ncc4C3)cc2F)cn1. The highest BCUT2D eigenvalue weighted by Gasteiger charge is 2.25. The predicted molar refractivity (Wildman–Crippen MR) is 116 cm³/mol. The second-order valence-electron chi connectivity index (χ2n) is 7.25. The number of hydrogen-bond acceptors (Lipinski definition) is 5. The standard InChI is InChI=1S/C22H19FN6OS/c23-18-9-14(5-6-17(18)20-11-26-22(24)12-25-20)16-3-1-2-4-21(16)31(30)29-8-7-19-15(13-29)10-27-28-19/h1-6,9-12H,7-8,13H2,(H2,24,26)(H,27,28). The number of anilines is 1. The molecule has 1 aliphatic rings. The molecular formula is C22H19FN6OS. The monoisotopic (exact) mass is 434 g/mol. The first-order chi connectivity index (χ1) is 15.1. The summed E-state index contributed by atoms with van der Waals surface area (Å²) in [6, 6.07) is 12.3. The number of H-pyrrole nitrogens is 1. The molecule has 7 nitrogen and oxygen atoms in total. The first-order valence-corrected chi connectivity index (χ1v) is 10.9. The Bertz CT molecular complexity index is 1270. The Kier molecular flexibility index (Phi) is 5.05. The maximum atomic E-state index is 14.9. The lowest BCUT2D eigenvalue weighted by molar-refractivity contribution is 0.419. The molecule has 5 rings (SSSR count). The van der Waals surface area contributed by atoms with E-state index in [9.17, 15) is 8.60 Å². The highest BCUT2D eigenvalue weighted by atomic mass is 32.2. The summed E-state index contributed by atoms with van der Waals surface area (Å²) in [5.41, 5.74) is 9.82. The van der Waals surface area contributed by atoms with Crippen LogP contribution >= 0.6 is 0 Å². The fourth-order valence-corrected chi connectivity index (χ4v) is 5.06. The molecule has 0 aliphatic carbocycles. The quantitative estimate of drug-likeness (QED) is 0.513. The van der Waals surface area contributed by atoms with Crippen molar-refractivity contribution in [1.29, 1.82) is 0 Å². The van der Waals surface area contributed by atoms with E-state index >= 15 is 0 Å². The summed E-state index contributed by atoms with van der Waals surface area (Å²) in [6.07, 6.45) is 5.37. The summed E-state index contributed by atoms with van der Waals surface area (Å²) in [4.78, 5) is 8.76. The van der Waals surface area contributed by atoms with Gasteiger partial charge in [-0.3, -0.25) is 10.1 Å². The van der Waals surface area contributed by atoms with Gasteiger partial charge in [0.05, 0.1) is 29.2 Å². The third-order valence-electron chi connectivity index (χ3n) is 5.30. The molecule has 3 N–H and O–H groups in total. The molecule has 156 valence electrons. The number of fused-ring (bicyclic) bond motifs is 1. The molecule has 31 heavy (non-hydrogen) atoms. The van der Waals surface area contributed by atoms with Gasteiger partial charge in [0.15, 0.2) is 0 Å². The number of hydrogen-bond donors (Lipinski definition) is 2. The highest BCUT2D eigenvalue weighted by Crippen LogP contribution is 2.32. The Hall–Kier alpha value is -3.43. The summed E-state index contributed by atoms with van der Waals surface area (Å²) in [5.74, 6) is -0.157. The molecule has 0 bridgehead atoms. The molecular weight excluding hydrogens is 415 g/mol. The van der Waals surface area contributed by atoms with Crippen LogP contribution in [-0.2, 0) is 24.0 Å². The first-order valence-electron chi connectivity index (χ1n) is 9.75. The highest BCUT2D eigenvalue weighted by molar-refractivity contribution is 7.82. The van der Waals surface area contributed by atoms with E-state index in [4.69, 9.17) is 5.73 Å². The van der Waals surface area contributed by atoms with Crippen molar-refractivity contribution >= 4 is 16.8 Å². The molecule has 0 spiro atoms. The van der Waals surface area contributed by atoms with Crippen molar-refractivity contribution in [1.82, 2.24) is 24.5 Å². The van der Waals surface area contributed by atoms with Crippen molar-refractivity contribution in [2.75, 3.05) is 12.3 Å². The van der Waals surface area contributed by atoms with Gasteiger partial charge in [0, 0.05) is 36.3 Å². The number of aromatic amines is 1. The fourth-order valence-electron chi connectivity index (χ4n) is 3.70. The van der Waals surface area contributed by atoms with Crippen LogP contribution in [0.4, 0.5) is 10.2 Å². The molecule has 1 unspecified atom stereocenters. The van der Waals surface area contributed by atoms with Crippen LogP contribution in [0.5, 0.6) is 0 Å². The third kappa shape index (κ3) is 3.73. The molecule has 0 amide bonds. The number of nitrogens with one attached hydrogen (secondary N) is 1. The van der Waals surface area contributed by atoms with E-state index in [0.717, 1.165) is 23.2 Å². The second-order valence-corrected chi connectivity index (χ2v) is 8.71. The van der Waals surface area contributed by atoms with Crippen molar-refractivity contribution in [3.8, 4) is 22.4 Å².